The molecule has 3 heteroatoms. The van der Waals surface area contributed by atoms with Crippen molar-refractivity contribution in [3.8, 4) is 22.3 Å². The molecule has 0 amide bonds. The molecule has 0 saturated carbocycles. The highest BCUT2D eigenvalue weighted by atomic mass is 15.2. The molecular formula is C43H35N3. The number of hydrogen-bond donors (Lipinski definition) is 2. The second-order valence-corrected chi connectivity index (χ2v) is 12.1. The SMILES string of the molecule is C1=CC(C2=CC(c3cccc(-c4ccccc4)c3)NC(c3ccc(-c4ccc5ccccc5c4)cc3)N2)CC(c2cccnc2)=C1. The fraction of sp³-hybridized carbons (Fsp3) is 0.0930. The number of hydrogen-bond acceptors (Lipinski definition) is 3. The predicted octanol–water partition coefficient (Wildman–Crippen LogP) is 10.0. The van der Waals surface area contributed by atoms with Crippen LogP contribution in [0.4, 0.5) is 0 Å². The number of benzene rings is 5. The molecule has 8 rings (SSSR count). The lowest BCUT2D eigenvalue weighted by Crippen LogP contribution is -2.41. The van der Waals surface area contributed by atoms with Crippen molar-refractivity contribution < 1.29 is 0 Å². The number of fused-ring (bicyclic) bond motifs is 1. The average molecular weight is 594 g/mol. The smallest absolute Gasteiger partial charge is 0.104 e. The Morgan fingerprint density at radius 2 is 1.33 bits per heavy atom. The molecule has 2 N–H and O–H groups in total. The first-order valence-electron chi connectivity index (χ1n) is 16.0. The van der Waals surface area contributed by atoms with Crippen LogP contribution in [0.15, 0.2) is 176 Å². The van der Waals surface area contributed by atoms with Crippen molar-refractivity contribution in [2.45, 2.75) is 18.6 Å². The molecule has 3 unspecified atom stereocenters. The van der Waals surface area contributed by atoms with Crippen molar-refractivity contribution >= 4 is 16.3 Å². The maximum atomic E-state index is 4.37. The molecule has 1 aliphatic carbocycles. The number of aromatic nitrogens is 1. The summed E-state index contributed by atoms with van der Waals surface area (Å²) in [7, 11) is 0. The van der Waals surface area contributed by atoms with E-state index in [1.165, 1.54) is 61.0 Å². The van der Waals surface area contributed by atoms with E-state index in [-0.39, 0.29) is 18.1 Å². The molecule has 3 atom stereocenters. The molecule has 222 valence electrons. The maximum absolute atomic E-state index is 4.37. The van der Waals surface area contributed by atoms with Gasteiger partial charge in [-0.2, -0.15) is 0 Å². The summed E-state index contributed by atoms with van der Waals surface area (Å²) in [5.41, 5.74) is 11.1. The van der Waals surface area contributed by atoms with Crippen molar-refractivity contribution in [3.63, 3.8) is 0 Å². The molecule has 1 aromatic heterocycles. The standard InChI is InChI=1S/C43H35N3/c1-2-9-30(10-3-1)35-13-6-15-38(26-35)41-28-42(39-16-7-14-36(27-39)40-17-8-24-44-29-40)46-43(45-41)33-21-18-32(19-22-33)37-23-20-31-11-4-5-12-34(31)25-37/h1-26,28-29,39,41,43,45-46H,27H2. The summed E-state index contributed by atoms with van der Waals surface area (Å²) in [6.07, 6.45) is 13.8. The first-order chi connectivity index (χ1) is 22.8. The Kier molecular flexibility index (Phi) is 7.59. The fourth-order valence-corrected chi connectivity index (χ4v) is 6.70. The third-order valence-corrected chi connectivity index (χ3v) is 9.20. The van der Waals surface area contributed by atoms with Crippen molar-refractivity contribution in [2.24, 2.45) is 5.92 Å². The molecule has 1 aliphatic heterocycles. The molecule has 0 saturated heterocycles. The number of nitrogens with zero attached hydrogens (tertiary/aromatic N) is 1. The molecule has 5 aromatic carbocycles. The minimum Gasteiger partial charge on any atom is -0.369 e. The zero-order valence-electron chi connectivity index (χ0n) is 25.6. The minimum absolute atomic E-state index is 0.0443. The molecule has 2 aliphatic rings. The van der Waals surface area contributed by atoms with Gasteiger partial charge in [-0.25, -0.2) is 0 Å². The molecule has 0 fully saturated rings. The maximum Gasteiger partial charge on any atom is 0.104 e. The van der Waals surface area contributed by atoms with Gasteiger partial charge < -0.3 is 5.32 Å². The van der Waals surface area contributed by atoms with Gasteiger partial charge in [0, 0.05) is 24.0 Å². The van der Waals surface area contributed by atoms with E-state index >= 15 is 0 Å². The highest BCUT2D eigenvalue weighted by Gasteiger charge is 2.28. The van der Waals surface area contributed by atoms with Crippen molar-refractivity contribution in [1.29, 1.82) is 0 Å². The van der Waals surface area contributed by atoms with Gasteiger partial charge in [-0.05, 0) is 86.0 Å². The molecule has 0 spiro atoms. The lowest BCUT2D eigenvalue weighted by atomic mass is 9.86. The van der Waals surface area contributed by atoms with Gasteiger partial charge >= 0.3 is 0 Å². The van der Waals surface area contributed by atoms with Crippen molar-refractivity contribution in [3.05, 3.63) is 193 Å². The van der Waals surface area contributed by atoms with E-state index in [1.54, 1.807) is 0 Å². The van der Waals surface area contributed by atoms with Gasteiger partial charge in [0.25, 0.3) is 0 Å². The van der Waals surface area contributed by atoms with Crippen LogP contribution in [0.1, 0.15) is 35.3 Å². The first-order valence-corrected chi connectivity index (χ1v) is 16.0. The second kappa shape index (κ2) is 12.5. The van der Waals surface area contributed by atoms with Crippen LogP contribution in [0.25, 0.3) is 38.6 Å². The fourth-order valence-electron chi connectivity index (χ4n) is 6.70. The Morgan fingerprint density at radius 3 is 2.17 bits per heavy atom. The highest BCUT2D eigenvalue weighted by molar-refractivity contribution is 5.87. The number of rotatable bonds is 6. The summed E-state index contributed by atoms with van der Waals surface area (Å²) in [6, 6.07) is 48.0. The van der Waals surface area contributed by atoms with Crippen molar-refractivity contribution in [2.75, 3.05) is 0 Å². The van der Waals surface area contributed by atoms with Crippen molar-refractivity contribution in [1.82, 2.24) is 15.6 Å². The van der Waals surface area contributed by atoms with Gasteiger partial charge in [0.15, 0.2) is 0 Å². The summed E-state index contributed by atoms with van der Waals surface area (Å²) in [5.74, 6) is 0.237. The molecule has 3 nitrogen and oxygen atoms in total. The summed E-state index contributed by atoms with van der Waals surface area (Å²) in [4.78, 5) is 4.37. The number of allylic oxidation sites excluding steroid dienone is 4. The van der Waals surface area contributed by atoms with Gasteiger partial charge in [0.1, 0.15) is 6.17 Å². The Bertz CT molecular complexity index is 2070. The highest BCUT2D eigenvalue weighted by Crippen LogP contribution is 2.36. The lowest BCUT2D eigenvalue weighted by Gasteiger charge is -2.36. The van der Waals surface area contributed by atoms with E-state index in [0.717, 1.165) is 6.42 Å². The minimum atomic E-state index is -0.0443. The van der Waals surface area contributed by atoms with E-state index < -0.39 is 0 Å². The van der Waals surface area contributed by atoms with E-state index in [1.807, 2.05) is 18.5 Å². The first kappa shape index (κ1) is 28.0. The Labute approximate surface area is 270 Å². The molecule has 2 heterocycles. The Balaban J connectivity index is 1.12. The van der Waals surface area contributed by atoms with E-state index in [2.05, 4.69) is 167 Å². The summed E-state index contributed by atoms with van der Waals surface area (Å²) in [5, 5.41) is 10.3. The van der Waals surface area contributed by atoms with Gasteiger partial charge in [0.2, 0.25) is 0 Å². The lowest BCUT2D eigenvalue weighted by molar-refractivity contribution is 0.397. The Morgan fingerprint density at radius 1 is 0.587 bits per heavy atom. The number of pyridine rings is 1. The van der Waals surface area contributed by atoms with Gasteiger partial charge in [-0.3, -0.25) is 10.3 Å². The molecule has 46 heavy (non-hydrogen) atoms. The van der Waals surface area contributed by atoms with Gasteiger partial charge in [-0.1, -0.05) is 133 Å². The molecule has 0 radical (unpaired) electrons. The van der Waals surface area contributed by atoms with Crippen LogP contribution in [-0.2, 0) is 0 Å². The van der Waals surface area contributed by atoms with Gasteiger partial charge in [0.05, 0.1) is 6.04 Å². The Hall–Kier alpha value is -5.51. The second-order valence-electron chi connectivity index (χ2n) is 12.1. The zero-order valence-corrected chi connectivity index (χ0v) is 25.6. The quantitative estimate of drug-likeness (QED) is 0.202. The third-order valence-electron chi connectivity index (χ3n) is 9.20. The molecule has 0 bridgehead atoms. The normalized spacial score (nSPS) is 19.3. The van der Waals surface area contributed by atoms with Gasteiger partial charge in [-0.15, -0.1) is 0 Å². The monoisotopic (exact) mass is 593 g/mol. The van der Waals surface area contributed by atoms with Crippen LogP contribution in [-0.4, -0.2) is 4.98 Å². The van der Waals surface area contributed by atoms with Crippen LogP contribution in [0.3, 0.4) is 0 Å². The van der Waals surface area contributed by atoms with Crippen LogP contribution in [0, 0.1) is 5.92 Å². The molecule has 6 aromatic rings. The summed E-state index contributed by atoms with van der Waals surface area (Å²) in [6.45, 7) is 0. The average Bonchev–Trinajstić information content (AvgIpc) is 3.15. The van der Waals surface area contributed by atoms with E-state index in [0.29, 0.717) is 0 Å². The van der Waals surface area contributed by atoms with Crippen LogP contribution in [0.2, 0.25) is 0 Å². The third kappa shape index (κ3) is 5.81. The van der Waals surface area contributed by atoms with Crippen LogP contribution in [0.5, 0.6) is 0 Å². The number of nitrogens with one attached hydrogen (secondary N) is 2. The van der Waals surface area contributed by atoms with Crippen LogP contribution < -0.4 is 10.6 Å². The summed E-state index contributed by atoms with van der Waals surface area (Å²) >= 11 is 0. The van der Waals surface area contributed by atoms with E-state index in [4.69, 9.17) is 0 Å². The molecular weight excluding hydrogens is 558 g/mol. The largest absolute Gasteiger partial charge is 0.369 e. The van der Waals surface area contributed by atoms with E-state index in [9.17, 15) is 0 Å². The van der Waals surface area contributed by atoms with Crippen LogP contribution >= 0.6 is 0 Å². The zero-order chi connectivity index (χ0) is 30.7. The summed E-state index contributed by atoms with van der Waals surface area (Å²) < 4.78 is 0. The predicted molar refractivity (Wildman–Crippen MR) is 191 cm³/mol. The topological polar surface area (TPSA) is 37.0 Å².